The Kier molecular flexibility index (Phi) is 7.01. The fourth-order valence-corrected chi connectivity index (χ4v) is 3.01. The average molecular weight is 390 g/mol. The highest BCUT2D eigenvalue weighted by Crippen LogP contribution is 2.26. The maximum atomic E-state index is 6.00. The van der Waals surface area contributed by atoms with Crippen molar-refractivity contribution in [2.45, 2.75) is 40.2 Å². The van der Waals surface area contributed by atoms with E-state index in [1.54, 1.807) is 13.3 Å². The van der Waals surface area contributed by atoms with E-state index in [1.165, 1.54) is 11.1 Å². The molecule has 1 aromatic carbocycles. The summed E-state index contributed by atoms with van der Waals surface area (Å²) in [6.07, 6.45) is 12.7. The monoisotopic (exact) mass is 389 g/mol. The van der Waals surface area contributed by atoms with E-state index in [4.69, 9.17) is 9.15 Å². The molecule has 2 aromatic heterocycles. The highest BCUT2D eigenvalue weighted by Gasteiger charge is 2.12. The van der Waals surface area contributed by atoms with Gasteiger partial charge in [0, 0.05) is 11.6 Å². The Morgan fingerprint density at radius 1 is 1.07 bits per heavy atom. The Morgan fingerprint density at radius 2 is 1.86 bits per heavy atom. The summed E-state index contributed by atoms with van der Waals surface area (Å²) in [7, 11) is 1.66. The average Bonchev–Trinajstić information content (AvgIpc) is 3.23. The molecule has 0 N–H and O–H groups in total. The first-order valence-corrected chi connectivity index (χ1v) is 9.94. The van der Waals surface area contributed by atoms with Crippen LogP contribution in [-0.2, 0) is 6.54 Å². The molecule has 4 heteroatoms. The third kappa shape index (κ3) is 5.92. The summed E-state index contributed by atoms with van der Waals surface area (Å²) in [6, 6.07) is 11.8. The van der Waals surface area contributed by atoms with Gasteiger partial charge in [-0.2, -0.15) is 0 Å². The van der Waals surface area contributed by atoms with Crippen LogP contribution in [0.1, 0.15) is 33.6 Å². The smallest absolute Gasteiger partial charge is 0.232 e. The molecule has 0 saturated heterocycles. The zero-order chi connectivity index (χ0) is 20.6. The molecule has 0 aliphatic heterocycles. The molecule has 0 aliphatic carbocycles. The van der Waals surface area contributed by atoms with Crippen LogP contribution in [0, 0.1) is 0 Å². The Hall–Kier alpha value is -3.14. The van der Waals surface area contributed by atoms with Crippen LogP contribution in [0.5, 0.6) is 5.75 Å². The largest absolute Gasteiger partial charge is 0.497 e. The quantitative estimate of drug-likeness (QED) is 0.350. The van der Waals surface area contributed by atoms with Crippen molar-refractivity contribution in [3.05, 3.63) is 78.3 Å². The number of oxazole rings is 1. The van der Waals surface area contributed by atoms with E-state index >= 15 is 0 Å². The van der Waals surface area contributed by atoms with Crippen LogP contribution < -0.4 is 9.30 Å². The van der Waals surface area contributed by atoms with E-state index in [0.717, 1.165) is 42.0 Å². The molecule has 0 amide bonds. The van der Waals surface area contributed by atoms with Crippen molar-refractivity contribution >= 4 is 0 Å². The van der Waals surface area contributed by atoms with E-state index < -0.39 is 0 Å². The number of ether oxygens (including phenoxy) is 1. The fraction of sp³-hybridized carbons (Fsp3) is 0.280. The number of aromatic nitrogens is 2. The molecule has 0 atom stereocenters. The molecule has 0 aliphatic rings. The van der Waals surface area contributed by atoms with E-state index in [9.17, 15) is 0 Å². The number of methoxy groups -OCH3 is 1. The van der Waals surface area contributed by atoms with E-state index in [1.807, 2.05) is 36.4 Å². The van der Waals surface area contributed by atoms with Crippen LogP contribution in [-0.4, -0.2) is 12.1 Å². The number of pyridine rings is 1. The molecule has 0 spiro atoms. The minimum atomic E-state index is 0.620. The summed E-state index contributed by atoms with van der Waals surface area (Å²) in [5.74, 6) is 2.18. The molecular formula is C25H29N2O2+. The summed E-state index contributed by atoms with van der Waals surface area (Å²) in [5, 5.41) is 0. The van der Waals surface area contributed by atoms with Crippen LogP contribution >= 0.6 is 0 Å². The molecule has 0 radical (unpaired) electrons. The van der Waals surface area contributed by atoms with Gasteiger partial charge in [-0.05, 0) is 70.0 Å². The topological polar surface area (TPSA) is 39.1 Å². The molecule has 4 nitrogen and oxygen atoms in total. The molecule has 3 rings (SSSR count). The van der Waals surface area contributed by atoms with Crippen molar-refractivity contribution in [3.8, 4) is 28.5 Å². The Morgan fingerprint density at radius 3 is 2.59 bits per heavy atom. The highest BCUT2D eigenvalue weighted by atomic mass is 16.5. The number of allylic oxidation sites excluding steroid dienone is 4. The summed E-state index contributed by atoms with van der Waals surface area (Å²) < 4.78 is 13.4. The second-order valence-electron chi connectivity index (χ2n) is 7.42. The van der Waals surface area contributed by atoms with Crippen molar-refractivity contribution in [1.29, 1.82) is 0 Å². The lowest BCUT2D eigenvalue weighted by atomic mass is 10.1. The first-order chi connectivity index (χ1) is 14.0. The van der Waals surface area contributed by atoms with Gasteiger partial charge in [0.2, 0.25) is 5.89 Å². The van der Waals surface area contributed by atoms with Gasteiger partial charge in [0.05, 0.1) is 13.3 Å². The molecule has 0 saturated carbocycles. The van der Waals surface area contributed by atoms with Gasteiger partial charge in [0.25, 0.3) is 0 Å². The van der Waals surface area contributed by atoms with Crippen molar-refractivity contribution in [2.75, 3.05) is 7.11 Å². The number of hydrogen-bond donors (Lipinski definition) is 0. The Balaban J connectivity index is 1.69. The summed E-state index contributed by atoms with van der Waals surface area (Å²) in [5.41, 5.74) is 4.71. The van der Waals surface area contributed by atoms with Crippen molar-refractivity contribution in [1.82, 2.24) is 4.98 Å². The number of benzene rings is 1. The first kappa shape index (κ1) is 20.6. The normalized spacial score (nSPS) is 11.4. The van der Waals surface area contributed by atoms with Gasteiger partial charge in [-0.3, -0.25) is 0 Å². The minimum absolute atomic E-state index is 0.620. The third-order valence-electron chi connectivity index (χ3n) is 4.73. The highest BCUT2D eigenvalue weighted by molar-refractivity contribution is 5.61. The predicted octanol–water partition coefficient (Wildman–Crippen LogP) is 6.00. The SMILES string of the molecule is COc1ccc(-c2cnc(-c3ccc[n+](C/C=C(/C)CCC=C(C)C)c3)o2)cc1. The van der Waals surface area contributed by atoms with Gasteiger partial charge in [-0.1, -0.05) is 17.2 Å². The summed E-state index contributed by atoms with van der Waals surface area (Å²) in [6.45, 7) is 7.31. The Labute approximate surface area is 173 Å². The van der Waals surface area contributed by atoms with E-state index in [2.05, 4.69) is 54.9 Å². The van der Waals surface area contributed by atoms with Gasteiger partial charge in [-0.15, -0.1) is 0 Å². The van der Waals surface area contributed by atoms with Gasteiger partial charge >= 0.3 is 0 Å². The van der Waals surface area contributed by atoms with Gasteiger partial charge in [0.1, 0.15) is 11.3 Å². The van der Waals surface area contributed by atoms with Crippen LogP contribution in [0.2, 0.25) is 0 Å². The number of nitrogens with zero attached hydrogens (tertiary/aromatic N) is 2. The molecule has 150 valence electrons. The minimum Gasteiger partial charge on any atom is -0.497 e. The lowest BCUT2D eigenvalue weighted by molar-refractivity contribution is -0.686. The first-order valence-electron chi connectivity index (χ1n) is 9.94. The lowest BCUT2D eigenvalue weighted by Gasteiger charge is -2.00. The van der Waals surface area contributed by atoms with Crippen molar-refractivity contribution < 1.29 is 13.7 Å². The van der Waals surface area contributed by atoms with Gasteiger partial charge in [-0.25, -0.2) is 9.55 Å². The standard InChI is InChI=1S/C25H29N2O2/c1-19(2)7-5-8-20(3)14-16-27-15-6-9-22(18-27)25-26-17-24(29-25)21-10-12-23(28-4)13-11-21/h6-7,9-15,17-18H,5,8,16H2,1-4H3/q+1/b20-14-. The van der Waals surface area contributed by atoms with Crippen LogP contribution in [0.3, 0.4) is 0 Å². The summed E-state index contributed by atoms with van der Waals surface area (Å²) in [4.78, 5) is 4.47. The molecular weight excluding hydrogens is 360 g/mol. The van der Waals surface area contributed by atoms with Crippen molar-refractivity contribution in [3.63, 3.8) is 0 Å². The van der Waals surface area contributed by atoms with Crippen molar-refractivity contribution in [2.24, 2.45) is 0 Å². The Bertz CT molecular complexity index is 994. The maximum Gasteiger partial charge on any atom is 0.232 e. The second kappa shape index (κ2) is 9.87. The molecule has 0 fully saturated rings. The fourth-order valence-electron chi connectivity index (χ4n) is 3.01. The molecule has 0 unspecified atom stereocenters. The lowest BCUT2D eigenvalue weighted by Crippen LogP contribution is -2.31. The number of rotatable bonds is 8. The molecule has 2 heterocycles. The zero-order valence-electron chi connectivity index (χ0n) is 17.7. The second-order valence-corrected chi connectivity index (χ2v) is 7.42. The number of hydrogen-bond acceptors (Lipinski definition) is 3. The molecule has 3 aromatic rings. The van der Waals surface area contributed by atoms with Crippen LogP contribution in [0.25, 0.3) is 22.8 Å². The zero-order valence-corrected chi connectivity index (χ0v) is 17.7. The van der Waals surface area contributed by atoms with Gasteiger partial charge < -0.3 is 9.15 Å². The van der Waals surface area contributed by atoms with Crippen LogP contribution in [0.4, 0.5) is 0 Å². The van der Waals surface area contributed by atoms with E-state index in [-0.39, 0.29) is 0 Å². The van der Waals surface area contributed by atoms with Crippen LogP contribution in [0.15, 0.2) is 82.7 Å². The van der Waals surface area contributed by atoms with E-state index in [0.29, 0.717) is 5.89 Å². The van der Waals surface area contributed by atoms with Gasteiger partial charge in [0.15, 0.2) is 24.7 Å². The summed E-state index contributed by atoms with van der Waals surface area (Å²) >= 11 is 0. The molecule has 0 bridgehead atoms. The third-order valence-corrected chi connectivity index (χ3v) is 4.73. The predicted molar refractivity (Wildman–Crippen MR) is 117 cm³/mol. The molecule has 29 heavy (non-hydrogen) atoms. The maximum absolute atomic E-state index is 6.00.